The van der Waals surface area contributed by atoms with E-state index in [0.29, 0.717) is 18.3 Å². The Balaban J connectivity index is 1.22. The molecule has 0 radical (unpaired) electrons. The third-order valence-electron chi connectivity index (χ3n) is 8.02. The van der Waals surface area contributed by atoms with Gasteiger partial charge in [0.1, 0.15) is 5.54 Å². The largest absolute Gasteiger partial charge is 0.351 e. The normalized spacial score (nSPS) is 29.4. The Kier molecular flexibility index (Phi) is 5.57. The maximum absolute atomic E-state index is 13.1. The molecule has 4 aliphatic carbocycles. The van der Waals surface area contributed by atoms with Gasteiger partial charge < -0.3 is 5.32 Å². The van der Waals surface area contributed by atoms with Crippen LogP contribution in [0.15, 0.2) is 42.5 Å². The maximum atomic E-state index is 13.1. The minimum absolute atomic E-state index is 0.0459. The van der Waals surface area contributed by atoms with Crippen molar-refractivity contribution in [1.82, 2.24) is 10.0 Å². The van der Waals surface area contributed by atoms with Crippen LogP contribution in [0, 0.1) is 23.7 Å². The van der Waals surface area contributed by atoms with Gasteiger partial charge in [-0.15, -0.1) is 0 Å². The van der Waals surface area contributed by atoms with E-state index in [2.05, 4.69) is 10.0 Å². The van der Waals surface area contributed by atoms with Crippen molar-refractivity contribution in [3.63, 3.8) is 0 Å². The second kappa shape index (κ2) is 8.14. The van der Waals surface area contributed by atoms with Crippen molar-refractivity contribution in [2.75, 3.05) is 5.75 Å². The van der Waals surface area contributed by atoms with E-state index in [0.717, 1.165) is 28.2 Å². The lowest BCUT2D eigenvalue weighted by molar-refractivity contribution is -0.129. The molecule has 32 heavy (non-hydrogen) atoms. The van der Waals surface area contributed by atoms with Crippen LogP contribution >= 0.6 is 0 Å². The second-order valence-corrected chi connectivity index (χ2v) is 12.7. The van der Waals surface area contributed by atoms with Gasteiger partial charge in [0.05, 0.1) is 5.75 Å². The Morgan fingerprint density at radius 2 is 1.56 bits per heavy atom. The van der Waals surface area contributed by atoms with Gasteiger partial charge in [-0.2, -0.15) is 0 Å². The summed E-state index contributed by atoms with van der Waals surface area (Å²) < 4.78 is 28.5. The average Bonchev–Trinajstić information content (AvgIpc) is 2.73. The molecule has 0 aliphatic heterocycles. The standard InChI is InChI=1S/C26H34N2O3S/c1-26(2,25(29)27-24-21-13-17-12-18(15-21)16-22(24)14-17)28-32(30,31)11-10-20-8-5-7-19-6-3-4-9-23(19)20/h3-9,17-18,21-22,24,28H,10-16H2,1-2H3,(H,27,29)/t17-,18-,21?,22?,24?. The molecule has 4 aliphatic rings. The predicted octanol–water partition coefficient (Wildman–Crippen LogP) is 4.02. The molecule has 0 heterocycles. The van der Waals surface area contributed by atoms with Crippen molar-refractivity contribution in [2.45, 2.75) is 64.0 Å². The van der Waals surface area contributed by atoms with Gasteiger partial charge in [-0.3, -0.25) is 4.79 Å². The summed E-state index contributed by atoms with van der Waals surface area (Å²) in [6, 6.07) is 14.2. The number of hydrogen-bond donors (Lipinski definition) is 2. The van der Waals surface area contributed by atoms with Crippen LogP contribution < -0.4 is 10.0 Å². The van der Waals surface area contributed by atoms with E-state index < -0.39 is 15.6 Å². The highest BCUT2D eigenvalue weighted by Crippen LogP contribution is 2.53. The maximum Gasteiger partial charge on any atom is 0.240 e. The molecule has 4 bridgehead atoms. The van der Waals surface area contributed by atoms with E-state index in [1.165, 1.54) is 32.1 Å². The summed E-state index contributed by atoms with van der Waals surface area (Å²) in [4.78, 5) is 13.1. The summed E-state index contributed by atoms with van der Waals surface area (Å²) in [5, 5.41) is 5.43. The number of sulfonamides is 1. The molecule has 4 fully saturated rings. The highest BCUT2D eigenvalue weighted by atomic mass is 32.2. The van der Waals surface area contributed by atoms with Crippen LogP contribution in [0.3, 0.4) is 0 Å². The number of carbonyl (C=O) groups excluding carboxylic acids is 1. The molecule has 5 nitrogen and oxygen atoms in total. The smallest absolute Gasteiger partial charge is 0.240 e. The summed E-state index contributed by atoms with van der Waals surface area (Å²) >= 11 is 0. The number of nitrogens with one attached hydrogen (secondary N) is 2. The molecule has 0 spiro atoms. The monoisotopic (exact) mass is 454 g/mol. The van der Waals surface area contributed by atoms with Gasteiger partial charge in [0.25, 0.3) is 0 Å². The van der Waals surface area contributed by atoms with Crippen LogP contribution in [0.4, 0.5) is 0 Å². The number of amides is 1. The molecule has 6 heteroatoms. The Morgan fingerprint density at radius 3 is 2.25 bits per heavy atom. The fraction of sp³-hybridized carbons (Fsp3) is 0.577. The lowest BCUT2D eigenvalue weighted by Crippen LogP contribution is -2.62. The lowest BCUT2D eigenvalue weighted by atomic mass is 9.54. The molecule has 6 rings (SSSR count). The van der Waals surface area contributed by atoms with Crippen LogP contribution in [-0.4, -0.2) is 31.7 Å². The van der Waals surface area contributed by atoms with Crippen molar-refractivity contribution in [3.05, 3.63) is 48.0 Å². The highest BCUT2D eigenvalue weighted by molar-refractivity contribution is 7.89. The summed E-state index contributed by atoms with van der Waals surface area (Å²) in [6.45, 7) is 3.35. The van der Waals surface area contributed by atoms with E-state index in [9.17, 15) is 13.2 Å². The first-order chi connectivity index (χ1) is 15.2. The Morgan fingerprint density at radius 1 is 0.938 bits per heavy atom. The van der Waals surface area contributed by atoms with Gasteiger partial charge in [0, 0.05) is 6.04 Å². The van der Waals surface area contributed by atoms with Crippen LogP contribution in [0.1, 0.15) is 51.5 Å². The first-order valence-electron chi connectivity index (χ1n) is 12.0. The molecular weight excluding hydrogens is 420 g/mol. The van der Waals surface area contributed by atoms with Crippen LogP contribution in [-0.2, 0) is 21.2 Å². The first kappa shape index (κ1) is 21.9. The number of carbonyl (C=O) groups is 1. The Labute approximate surface area is 191 Å². The summed E-state index contributed by atoms with van der Waals surface area (Å²) in [5.74, 6) is 2.56. The van der Waals surface area contributed by atoms with Crippen molar-refractivity contribution >= 4 is 26.7 Å². The highest BCUT2D eigenvalue weighted by Gasteiger charge is 2.49. The van der Waals surface area contributed by atoms with Gasteiger partial charge >= 0.3 is 0 Å². The SMILES string of the molecule is CC(C)(NS(=O)(=O)CCc1cccc2ccccc12)C(=O)NC1C2C[C@H]3CC1C[C@H](C2)C3. The molecule has 172 valence electrons. The number of hydrogen-bond acceptors (Lipinski definition) is 3. The molecule has 0 aromatic heterocycles. The number of aryl methyl sites for hydroxylation is 1. The first-order valence-corrected chi connectivity index (χ1v) is 13.6. The number of fused-ring (bicyclic) bond motifs is 1. The van der Waals surface area contributed by atoms with E-state index in [-0.39, 0.29) is 17.7 Å². The zero-order chi connectivity index (χ0) is 22.5. The fourth-order valence-corrected chi connectivity index (χ4v) is 8.19. The average molecular weight is 455 g/mol. The van der Waals surface area contributed by atoms with E-state index >= 15 is 0 Å². The Bertz CT molecular complexity index is 1090. The molecule has 4 saturated carbocycles. The molecule has 0 atom stereocenters. The number of benzene rings is 2. The van der Waals surface area contributed by atoms with Gasteiger partial charge in [-0.1, -0.05) is 42.5 Å². The van der Waals surface area contributed by atoms with Crippen LogP contribution in [0.5, 0.6) is 0 Å². The third kappa shape index (κ3) is 4.32. The molecule has 2 aromatic carbocycles. The van der Waals surface area contributed by atoms with E-state index in [1.807, 2.05) is 42.5 Å². The minimum atomic E-state index is -3.62. The van der Waals surface area contributed by atoms with Crippen molar-refractivity contribution in [3.8, 4) is 0 Å². The number of rotatable bonds is 7. The van der Waals surface area contributed by atoms with Crippen molar-refractivity contribution < 1.29 is 13.2 Å². The van der Waals surface area contributed by atoms with Gasteiger partial charge in [-0.05, 0) is 92.4 Å². The van der Waals surface area contributed by atoms with E-state index in [4.69, 9.17) is 0 Å². The van der Waals surface area contributed by atoms with Crippen molar-refractivity contribution in [2.24, 2.45) is 23.7 Å². The van der Waals surface area contributed by atoms with Crippen LogP contribution in [0.2, 0.25) is 0 Å². The summed E-state index contributed by atoms with van der Waals surface area (Å²) in [5.41, 5.74) is -0.170. The molecule has 1 amide bonds. The molecule has 0 saturated heterocycles. The third-order valence-corrected chi connectivity index (χ3v) is 9.59. The molecule has 0 unspecified atom stereocenters. The quantitative estimate of drug-likeness (QED) is 0.663. The topological polar surface area (TPSA) is 75.3 Å². The zero-order valence-electron chi connectivity index (χ0n) is 19.0. The minimum Gasteiger partial charge on any atom is -0.351 e. The second-order valence-electron chi connectivity index (χ2n) is 10.9. The predicted molar refractivity (Wildman–Crippen MR) is 128 cm³/mol. The van der Waals surface area contributed by atoms with E-state index in [1.54, 1.807) is 13.8 Å². The molecule has 2 aromatic rings. The summed E-state index contributed by atoms with van der Waals surface area (Å²) in [6.07, 6.45) is 6.65. The zero-order valence-corrected chi connectivity index (χ0v) is 19.8. The molecule has 2 N–H and O–H groups in total. The van der Waals surface area contributed by atoms with Gasteiger partial charge in [0.15, 0.2) is 0 Å². The van der Waals surface area contributed by atoms with Crippen LogP contribution in [0.25, 0.3) is 10.8 Å². The van der Waals surface area contributed by atoms with Crippen molar-refractivity contribution in [1.29, 1.82) is 0 Å². The van der Waals surface area contributed by atoms with Gasteiger partial charge in [0.2, 0.25) is 15.9 Å². The lowest BCUT2D eigenvalue weighted by Gasteiger charge is -2.54. The summed E-state index contributed by atoms with van der Waals surface area (Å²) in [7, 11) is -3.62. The molecular formula is C26H34N2O3S. The van der Waals surface area contributed by atoms with Gasteiger partial charge in [-0.25, -0.2) is 13.1 Å². The Hall–Kier alpha value is -1.92. The fourth-order valence-electron chi connectivity index (χ4n) is 6.73.